The Labute approximate surface area is 320 Å². The molecule has 0 N–H and O–H groups in total. The molecule has 318 valence electrons. The van der Waals surface area contributed by atoms with Gasteiger partial charge in [-0.2, -0.15) is 0 Å². The van der Waals surface area contributed by atoms with Crippen molar-refractivity contribution in [3.63, 3.8) is 0 Å². The summed E-state index contributed by atoms with van der Waals surface area (Å²) in [5, 5.41) is 0. The monoisotopic (exact) mass is 786 g/mol. The standard InChI is InChI=1S/C36H66O18/c1(33-47-19-20-48-33)5-37-9-11-41-27-31(45-17-15-39-7-3-35-51-23-24-52-35)29-43-13-14-44-30-32(46-18-16-40-8-4-36-53-25-26-54-36)28-42-12-10-38-6-2-34-49-21-22-50-34/h31-36H,1-30H2. The predicted molar refractivity (Wildman–Crippen MR) is 187 cm³/mol. The lowest BCUT2D eigenvalue weighted by molar-refractivity contribution is -0.102. The van der Waals surface area contributed by atoms with E-state index in [1.807, 2.05) is 0 Å². The van der Waals surface area contributed by atoms with E-state index in [0.717, 1.165) is 0 Å². The zero-order valence-electron chi connectivity index (χ0n) is 32.0. The third kappa shape index (κ3) is 23.5. The van der Waals surface area contributed by atoms with Crippen LogP contribution in [0.3, 0.4) is 0 Å². The number of rotatable bonds is 37. The number of hydrogen-bond acceptors (Lipinski definition) is 18. The average molecular weight is 787 g/mol. The fourth-order valence-corrected chi connectivity index (χ4v) is 5.47. The summed E-state index contributed by atoms with van der Waals surface area (Å²) in [6.45, 7) is 12.8. The van der Waals surface area contributed by atoms with E-state index in [9.17, 15) is 0 Å². The molecule has 4 heterocycles. The molecule has 18 nitrogen and oxygen atoms in total. The van der Waals surface area contributed by atoms with E-state index in [1.165, 1.54) is 0 Å². The maximum absolute atomic E-state index is 6.02. The van der Waals surface area contributed by atoms with Crippen LogP contribution in [0, 0.1) is 0 Å². The minimum Gasteiger partial charge on any atom is -0.379 e. The molecular weight excluding hydrogens is 720 g/mol. The van der Waals surface area contributed by atoms with Crippen molar-refractivity contribution in [2.75, 3.05) is 172 Å². The SMILES string of the molecule is C(COCC(COCCOCC(COCCOCCC1OCCO1)OCCOCCC1OCCO1)OCCOCCC1OCCO1)OCCC1OCCO1. The van der Waals surface area contributed by atoms with Crippen LogP contribution in [0.5, 0.6) is 0 Å². The molecule has 18 heteroatoms. The zero-order chi connectivity index (χ0) is 37.4. The summed E-state index contributed by atoms with van der Waals surface area (Å²) in [6, 6.07) is 0. The van der Waals surface area contributed by atoms with Gasteiger partial charge in [0.05, 0.1) is 172 Å². The van der Waals surface area contributed by atoms with Gasteiger partial charge in [-0.3, -0.25) is 0 Å². The molecule has 0 bridgehead atoms. The summed E-state index contributed by atoms with van der Waals surface area (Å²) in [5.41, 5.74) is 0. The normalized spacial score (nSPS) is 20.2. The van der Waals surface area contributed by atoms with Crippen molar-refractivity contribution in [1.29, 1.82) is 0 Å². The van der Waals surface area contributed by atoms with Crippen molar-refractivity contribution >= 4 is 0 Å². The molecule has 0 spiro atoms. The van der Waals surface area contributed by atoms with Gasteiger partial charge >= 0.3 is 0 Å². The molecule has 2 unspecified atom stereocenters. The van der Waals surface area contributed by atoms with Gasteiger partial charge in [-0.25, -0.2) is 0 Å². The van der Waals surface area contributed by atoms with Crippen LogP contribution < -0.4 is 0 Å². The Hall–Kier alpha value is -0.720. The highest BCUT2D eigenvalue weighted by Crippen LogP contribution is 2.10. The first-order chi connectivity index (χ1) is 26.8. The van der Waals surface area contributed by atoms with E-state index in [-0.39, 0.29) is 37.4 Å². The molecule has 4 saturated heterocycles. The fourth-order valence-electron chi connectivity index (χ4n) is 5.47. The molecule has 0 aromatic heterocycles. The topological polar surface area (TPSA) is 166 Å². The summed E-state index contributed by atoms with van der Waals surface area (Å²) < 4.78 is 102. The Bertz CT molecular complexity index is 757. The van der Waals surface area contributed by atoms with Crippen LogP contribution in [0.25, 0.3) is 0 Å². The van der Waals surface area contributed by atoms with E-state index in [1.54, 1.807) is 0 Å². The molecule has 4 fully saturated rings. The van der Waals surface area contributed by atoms with Crippen LogP contribution in [0.2, 0.25) is 0 Å². The summed E-state index contributed by atoms with van der Waals surface area (Å²) in [5.74, 6) is 0. The second-order valence-corrected chi connectivity index (χ2v) is 12.6. The van der Waals surface area contributed by atoms with Gasteiger partial charge in [-0.1, -0.05) is 0 Å². The number of ether oxygens (including phenoxy) is 18. The van der Waals surface area contributed by atoms with E-state index in [2.05, 4.69) is 0 Å². The first-order valence-corrected chi connectivity index (χ1v) is 19.6. The third-order valence-corrected chi connectivity index (χ3v) is 8.25. The minimum atomic E-state index is -0.285. The molecule has 0 aliphatic carbocycles. The molecule has 0 aromatic carbocycles. The van der Waals surface area contributed by atoms with Crippen LogP contribution in [-0.4, -0.2) is 209 Å². The summed E-state index contributed by atoms with van der Waals surface area (Å²) in [6.07, 6.45) is 1.49. The molecule has 54 heavy (non-hydrogen) atoms. The average Bonchev–Trinajstić information content (AvgIpc) is 4.04. The zero-order valence-corrected chi connectivity index (χ0v) is 32.0. The summed E-state index contributed by atoms with van der Waals surface area (Å²) in [4.78, 5) is 0. The van der Waals surface area contributed by atoms with Gasteiger partial charge in [0.25, 0.3) is 0 Å². The predicted octanol–water partition coefficient (Wildman–Crippen LogP) is 0.942. The second kappa shape index (κ2) is 32.3. The Balaban J connectivity index is 1.05. The highest BCUT2D eigenvalue weighted by molar-refractivity contribution is 4.59. The maximum atomic E-state index is 6.02. The van der Waals surface area contributed by atoms with Gasteiger partial charge in [0.15, 0.2) is 25.2 Å². The third-order valence-electron chi connectivity index (χ3n) is 8.25. The van der Waals surface area contributed by atoms with Crippen LogP contribution in [-0.2, 0) is 85.3 Å². The lowest BCUT2D eigenvalue weighted by Crippen LogP contribution is -2.30. The Morgan fingerprint density at radius 2 is 0.500 bits per heavy atom. The minimum absolute atomic E-state index is 0.173. The lowest BCUT2D eigenvalue weighted by Gasteiger charge is -2.20. The van der Waals surface area contributed by atoms with Crippen molar-refractivity contribution in [3.05, 3.63) is 0 Å². The van der Waals surface area contributed by atoms with Crippen molar-refractivity contribution < 1.29 is 85.3 Å². The van der Waals surface area contributed by atoms with E-state index < -0.39 is 0 Å². The van der Waals surface area contributed by atoms with Crippen LogP contribution >= 0.6 is 0 Å². The second-order valence-electron chi connectivity index (χ2n) is 12.6. The number of hydrogen-bond donors (Lipinski definition) is 0. The highest BCUT2D eigenvalue weighted by atomic mass is 16.7. The molecule has 4 aliphatic heterocycles. The Kier molecular flexibility index (Phi) is 27.5. The molecule has 4 rings (SSSR count). The largest absolute Gasteiger partial charge is 0.379 e. The molecule has 2 atom stereocenters. The Morgan fingerprint density at radius 3 is 0.759 bits per heavy atom. The van der Waals surface area contributed by atoms with E-state index in [4.69, 9.17) is 85.3 Å². The van der Waals surface area contributed by atoms with E-state index >= 15 is 0 Å². The molecule has 0 aromatic rings. The molecule has 0 radical (unpaired) electrons. The van der Waals surface area contributed by atoms with Crippen LogP contribution in [0.4, 0.5) is 0 Å². The fraction of sp³-hybridized carbons (Fsp3) is 1.00. The van der Waals surface area contributed by atoms with Crippen molar-refractivity contribution in [2.45, 2.75) is 63.1 Å². The van der Waals surface area contributed by atoms with Crippen LogP contribution in [0.15, 0.2) is 0 Å². The highest BCUT2D eigenvalue weighted by Gasteiger charge is 2.19. The quantitative estimate of drug-likeness (QED) is 0.0816. The van der Waals surface area contributed by atoms with Crippen LogP contribution in [0.1, 0.15) is 25.7 Å². The first-order valence-electron chi connectivity index (χ1n) is 19.6. The smallest absolute Gasteiger partial charge is 0.160 e. The van der Waals surface area contributed by atoms with Crippen molar-refractivity contribution in [2.24, 2.45) is 0 Å². The van der Waals surface area contributed by atoms with Gasteiger partial charge < -0.3 is 85.3 Å². The Morgan fingerprint density at radius 1 is 0.278 bits per heavy atom. The van der Waals surface area contributed by atoms with Gasteiger partial charge in [0, 0.05) is 25.7 Å². The first kappa shape index (κ1) is 46.0. The van der Waals surface area contributed by atoms with Crippen molar-refractivity contribution in [3.8, 4) is 0 Å². The molecule has 0 amide bonds. The maximum Gasteiger partial charge on any atom is 0.160 e. The molecule has 0 saturated carbocycles. The van der Waals surface area contributed by atoms with Crippen molar-refractivity contribution in [1.82, 2.24) is 0 Å². The van der Waals surface area contributed by atoms with Gasteiger partial charge in [0.2, 0.25) is 0 Å². The molecular formula is C36H66O18. The van der Waals surface area contributed by atoms with Gasteiger partial charge in [0.1, 0.15) is 12.2 Å². The van der Waals surface area contributed by atoms with Gasteiger partial charge in [-0.05, 0) is 0 Å². The molecule has 4 aliphatic rings. The van der Waals surface area contributed by atoms with Gasteiger partial charge in [-0.15, -0.1) is 0 Å². The summed E-state index contributed by atoms with van der Waals surface area (Å²) in [7, 11) is 0. The lowest BCUT2D eigenvalue weighted by atomic mass is 10.4. The van der Waals surface area contributed by atoms with E-state index in [0.29, 0.717) is 197 Å². The summed E-state index contributed by atoms with van der Waals surface area (Å²) >= 11 is 0.